The van der Waals surface area contributed by atoms with Crippen LogP contribution in [0.15, 0.2) is 0 Å². The molecule has 2 unspecified atom stereocenters. The molecule has 0 aromatic carbocycles. The third kappa shape index (κ3) is 3.45. The number of hydrogen-bond acceptors (Lipinski definition) is 3. The van der Waals surface area contributed by atoms with E-state index in [4.69, 9.17) is 5.73 Å². The van der Waals surface area contributed by atoms with E-state index in [9.17, 15) is 4.79 Å². The summed E-state index contributed by atoms with van der Waals surface area (Å²) in [6.45, 7) is 6.68. The van der Waals surface area contributed by atoms with E-state index in [1.165, 1.54) is 0 Å². The molecule has 0 aromatic heterocycles. The minimum Gasteiger partial charge on any atom is -0.353 e. The quantitative estimate of drug-likeness (QED) is 0.792. The lowest BCUT2D eigenvalue weighted by molar-refractivity contribution is -0.125. The van der Waals surface area contributed by atoms with Crippen LogP contribution in [0.2, 0.25) is 0 Å². The normalized spacial score (nSPS) is 30.9. The molecule has 1 aliphatic heterocycles. The highest BCUT2D eigenvalue weighted by atomic mass is 16.1. The minimum atomic E-state index is 0.170. The van der Waals surface area contributed by atoms with E-state index in [1.807, 2.05) is 0 Å². The lowest BCUT2D eigenvalue weighted by Gasteiger charge is -2.35. The van der Waals surface area contributed by atoms with E-state index in [2.05, 4.69) is 24.1 Å². The lowest BCUT2D eigenvalue weighted by atomic mass is 10.0. The Morgan fingerprint density at radius 2 is 1.89 bits per heavy atom. The van der Waals surface area contributed by atoms with Crippen LogP contribution in [0, 0.1) is 5.92 Å². The molecule has 2 aliphatic rings. The van der Waals surface area contributed by atoms with E-state index < -0.39 is 0 Å². The molecule has 1 aliphatic carbocycles. The first-order valence-electron chi connectivity index (χ1n) is 7.36. The number of likely N-dealkylation sites (tertiary alicyclic amines) is 1. The summed E-state index contributed by atoms with van der Waals surface area (Å²) >= 11 is 0. The zero-order chi connectivity index (χ0) is 13.1. The molecule has 0 spiro atoms. The van der Waals surface area contributed by atoms with E-state index in [0.717, 1.165) is 45.2 Å². The predicted molar refractivity (Wildman–Crippen MR) is 73.2 cm³/mol. The first-order valence-corrected chi connectivity index (χ1v) is 7.36. The van der Waals surface area contributed by atoms with Gasteiger partial charge in [-0.15, -0.1) is 0 Å². The summed E-state index contributed by atoms with van der Waals surface area (Å²) in [5.41, 5.74) is 5.86. The van der Waals surface area contributed by atoms with Crippen LogP contribution in [0.3, 0.4) is 0 Å². The highest BCUT2D eigenvalue weighted by Gasteiger charge is 2.30. The maximum Gasteiger partial charge on any atom is 0.223 e. The van der Waals surface area contributed by atoms with Crippen molar-refractivity contribution in [3.8, 4) is 0 Å². The van der Waals surface area contributed by atoms with Gasteiger partial charge in [0.15, 0.2) is 0 Å². The Morgan fingerprint density at radius 1 is 1.22 bits per heavy atom. The van der Waals surface area contributed by atoms with Crippen molar-refractivity contribution in [3.05, 3.63) is 0 Å². The molecule has 0 aromatic rings. The largest absolute Gasteiger partial charge is 0.353 e. The molecule has 4 heteroatoms. The molecule has 3 N–H and O–H groups in total. The van der Waals surface area contributed by atoms with Crippen molar-refractivity contribution in [1.29, 1.82) is 0 Å². The Kier molecular flexibility index (Phi) is 4.62. The van der Waals surface area contributed by atoms with Gasteiger partial charge < -0.3 is 16.0 Å². The van der Waals surface area contributed by atoms with Crippen molar-refractivity contribution in [2.75, 3.05) is 13.1 Å². The van der Waals surface area contributed by atoms with Gasteiger partial charge in [0.05, 0.1) is 0 Å². The number of carbonyl (C=O) groups is 1. The number of hydrogen-bond donors (Lipinski definition) is 2. The van der Waals surface area contributed by atoms with Crippen LogP contribution in [0.25, 0.3) is 0 Å². The smallest absolute Gasteiger partial charge is 0.223 e. The number of carbonyl (C=O) groups excluding carboxylic acids is 1. The fourth-order valence-corrected chi connectivity index (χ4v) is 3.13. The highest BCUT2D eigenvalue weighted by molar-refractivity contribution is 5.79. The van der Waals surface area contributed by atoms with Gasteiger partial charge in [-0.2, -0.15) is 0 Å². The second kappa shape index (κ2) is 6.02. The fraction of sp³-hybridized carbons (Fsp3) is 0.929. The van der Waals surface area contributed by atoms with Gasteiger partial charge in [-0.3, -0.25) is 4.79 Å². The third-order valence-corrected chi connectivity index (χ3v) is 4.45. The molecule has 1 saturated heterocycles. The summed E-state index contributed by atoms with van der Waals surface area (Å²) in [6.07, 6.45) is 5.02. The number of rotatable bonds is 3. The van der Waals surface area contributed by atoms with Crippen LogP contribution in [0.1, 0.15) is 46.0 Å². The van der Waals surface area contributed by atoms with Gasteiger partial charge in [0.1, 0.15) is 0 Å². The number of nitrogens with one attached hydrogen (secondary N) is 1. The van der Waals surface area contributed by atoms with Gasteiger partial charge in [0.25, 0.3) is 0 Å². The predicted octanol–water partition coefficient (Wildman–Crippen LogP) is 1.10. The molecule has 1 amide bonds. The van der Waals surface area contributed by atoms with Crippen molar-refractivity contribution in [3.63, 3.8) is 0 Å². The molecule has 104 valence electrons. The van der Waals surface area contributed by atoms with Crippen molar-refractivity contribution in [2.24, 2.45) is 11.7 Å². The second-order valence-electron chi connectivity index (χ2n) is 6.18. The summed E-state index contributed by atoms with van der Waals surface area (Å²) in [5.74, 6) is 0.411. The second-order valence-corrected chi connectivity index (χ2v) is 6.18. The van der Waals surface area contributed by atoms with Crippen LogP contribution in [0.5, 0.6) is 0 Å². The molecule has 2 atom stereocenters. The number of nitrogens with two attached hydrogens (primary N) is 1. The van der Waals surface area contributed by atoms with Crippen molar-refractivity contribution in [1.82, 2.24) is 10.2 Å². The Labute approximate surface area is 110 Å². The maximum absolute atomic E-state index is 12.1. The highest BCUT2D eigenvalue weighted by Crippen LogP contribution is 2.24. The average molecular weight is 253 g/mol. The van der Waals surface area contributed by atoms with Crippen LogP contribution < -0.4 is 11.1 Å². The van der Waals surface area contributed by atoms with E-state index in [1.54, 1.807) is 0 Å². The Morgan fingerprint density at radius 3 is 2.39 bits per heavy atom. The van der Waals surface area contributed by atoms with Crippen LogP contribution in [-0.4, -0.2) is 42.0 Å². The molecule has 1 heterocycles. The van der Waals surface area contributed by atoms with Crippen molar-refractivity contribution < 1.29 is 4.79 Å². The summed E-state index contributed by atoms with van der Waals surface area (Å²) in [4.78, 5) is 14.6. The van der Waals surface area contributed by atoms with Gasteiger partial charge in [0.2, 0.25) is 5.91 Å². The SMILES string of the molecule is CC(C)N1CCC(NC(=O)C2CCC(N)C2)CC1. The van der Waals surface area contributed by atoms with E-state index in [-0.39, 0.29) is 17.9 Å². The molecule has 18 heavy (non-hydrogen) atoms. The van der Waals surface area contributed by atoms with E-state index in [0.29, 0.717) is 12.1 Å². The molecule has 1 saturated carbocycles. The standard InChI is InChI=1S/C14H27N3O/c1-10(2)17-7-5-13(6-8-17)16-14(18)11-3-4-12(15)9-11/h10-13H,3-9,15H2,1-2H3,(H,16,18). The summed E-state index contributed by atoms with van der Waals surface area (Å²) in [6, 6.07) is 1.24. The molecular formula is C14H27N3O. The first-order chi connectivity index (χ1) is 8.56. The Balaban J connectivity index is 1.73. The lowest BCUT2D eigenvalue weighted by Crippen LogP contribution is -2.47. The molecule has 4 nitrogen and oxygen atoms in total. The zero-order valence-electron chi connectivity index (χ0n) is 11.7. The van der Waals surface area contributed by atoms with Gasteiger partial charge in [-0.25, -0.2) is 0 Å². The fourth-order valence-electron chi connectivity index (χ4n) is 3.13. The van der Waals surface area contributed by atoms with Crippen LogP contribution in [-0.2, 0) is 4.79 Å². The zero-order valence-corrected chi connectivity index (χ0v) is 11.7. The van der Waals surface area contributed by atoms with Gasteiger partial charge in [-0.1, -0.05) is 0 Å². The van der Waals surface area contributed by atoms with Crippen LogP contribution in [0.4, 0.5) is 0 Å². The monoisotopic (exact) mass is 253 g/mol. The van der Waals surface area contributed by atoms with Gasteiger partial charge >= 0.3 is 0 Å². The third-order valence-electron chi connectivity index (χ3n) is 4.45. The van der Waals surface area contributed by atoms with E-state index >= 15 is 0 Å². The maximum atomic E-state index is 12.1. The minimum absolute atomic E-state index is 0.170. The molecule has 2 rings (SSSR count). The Hall–Kier alpha value is -0.610. The molecule has 0 radical (unpaired) electrons. The number of amides is 1. The average Bonchev–Trinajstić information content (AvgIpc) is 2.76. The number of piperidine rings is 1. The van der Waals surface area contributed by atoms with Crippen molar-refractivity contribution >= 4 is 5.91 Å². The summed E-state index contributed by atoms with van der Waals surface area (Å²) < 4.78 is 0. The summed E-state index contributed by atoms with van der Waals surface area (Å²) in [7, 11) is 0. The molecule has 0 bridgehead atoms. The number of nitrogens with zero attached hydrogens (tertiary/aromatic N) is 1. The Bertz CT molecular complexity index is 285. The van der Waals surface area contributed by atoms with Gasteiger partial charge in [0, 0.05) is 37.1 Å². The first kappa shape index (κ1) is 13.8. The molecule has 2 fully saturated rings. The van der Waals surface area contributed by atoms with Crippen molar-refractivity contribution in [2.45, 2.75) is 64.1 Å². The van der Waals surface area contributed by atoms with Crippen LogP contribution >= 0.6 is 0 Å². The topological polar surface area (TPSA) is 58.4 Å². The molecular weight excluding hydrogens is 226 g/mol. The van der Waals surface area contributed by atoms with Gasteiger partial charge in [-0.05, 0) is 46.0 Å². The summed E-state index contributed by atoms with van der Waals surface area (Å²) in [5, 5.41) is 3.22.